The van der Waals surface area contributed by atoms with E-state index in [9.17, 15) is 9.59 Å². The number of benzene rings is 1. The predicted molar refractivity (Wildman–Crippen MR) is 66.4 cm³/mol. The number of anilines is 1. The lowest BCUT2D eigenvalue weighted by atomic mass is 10.1. The first-order valence-electron chi connectivity index (χ1n) is 5.70. The Balaban J connectivity index is 2.11. The maximum absolute atomic E-state index is 12.2. The molecule has 3 N–H and O–H groups in total. The summed E-state index contributed by atoms with van der Waals surface area (Å²) >= 11 is 0. The van der Waals surface area contributed by atoms with Gasteiger partial charge >= 0.3 is 6.03 Å². The highest BCUT2D eigenvalue weighted by Gasteiger charge is 2.18. The highest BCUT2D eigenvalue weighted by atomic mass is 16.5. The Morgan fingerprint density at radius 2 is 2.00 bits per heavy atom. The van der Waals surface area contributed by atoms with Gasteiger partial charge in [-0.05, 0) is 18.2 Å². The van der Waals surface area contributed by atoms with Gasteiger partial charge < -0.3 is 20.7 Å². The fourth-order valence-electron chi connectivity index (χ4n) is 1.82. The number of carbonyl (C=O) groups excluding carboxylic acids is 2. The van der Waals surface area contributed by atoms with E-state index in [2.05, 4.69) is 5.32 Å². The molecule has 1 aliphatic rings. The lowest BCUT2D eigenvalue weighted by Gasteiger charge is -2.27. The topological polar surface area (TPSA) is 84.7 Å². The van der Waals surface area contributed by atoms with E-state index < -0.39 is 6.03 Å². The van der Waals surface area contributed by atoms with Crippen LogP contribution < -0.4 is 11.1 Å². The van der Waals surface area contributed by atoms with Crippen molar-refractivity contribution >= 4 is 17.6 Å². The zero-order chi connectivity index (χ0) is 13.0. The lowest BCUT2D eigenvalue weighted by molar-refractivity contribution is 0.0303. The van der Waals surface area contributed by atoms with Crippen LogP contribution >= 0.6 is 0 Å². The smallest absolute Gasteiger partial charge is 0.316 e. The highest BCUT2D eigenvalue weighted by Crippen LogP contribution is 2.13. The van der Waals surface area contributed by atoms with E-state index in [0.29, 0.717) is 37.6 Å². The maximum atomic E-state index is 12.2. The molecule has 0 aliphatic carbocycles. The third-order valence-corrected chi connectivity index (χ3v) is 2.68. The van der Waals surface area contributed by atoms with Crippen LogP contribution in [0.15, 0.2) is 24.3 Å². The van der Waals surface area contributed by atoms with Crippen molar-refractivity contribution in [2.45, 2.75) is 0 Å². The number of nitrogens with two attached hydrogens (primary N) is 1. The Labute approximate surface area is 105 Å². The normalized spacial score (nSPS) is 15.2. The molecule has 6 nitrogen and oxygen atoms in total. The molecule has 1 aromatic carbocycles. The van der Waals surface area contributed by atoms with Gasteiger partial charge in [0.2, 0.25) is 0 Å². The molecule has 18 heavy (non-hydrogen) atoms. The van der Waals surface area contributed by atoms with Crippen molar-refractivity contribution in [2.24, 2.45) is 5.73 Å². The summed E-state index contributed by atoms with van der Waals surface area (Å²) in [6, 6.07) is 6.07. The van der Waals surface area contributed by atoms with E-state index in [1.807, 2.05) is 0 Å². The number of hydrogen-bond acceptors (Lipinski definition) is 3. The first-order chi connectivity index (χ1) is 8.66. The van der Waals surface area contributed by atoms with Gasteiger partial charge in [-0.1, -0.05) is 6.07 Å². The van der Waals surface area contributed by atoms with E-state index in [0.717, 1.165) is 0 Å². The Kier molecular flexibility index (Phi) is 3.78. The molecular weight excluding hydrogens is 234 g/mol. The summed E-state index contributed by atoms with van der Waals surface area (Å²) in [5.41, 5.74) is 6.08. The van der Waals surface area contributed by atoms with Crippen LogP contribution in [0.3, 0.4) is 0 Å². The standard InChI is InChI=1S/C12H15N3O3/c13-12(17)14-10-3-1-2-9(8-10)11(16)15-4-6-18-7-5-15/h1-3,8H,4-7H2,(H3,13,14,17). The molecule has 96 valence electrons. The number of amides is 3. The van der Waals surface area contributed by atoms with Crippen LogP contribution in [-0.4, -0.2) is 43.1 Å². The minimum atomic E-state index is -0.647. The van der Waals surface area contributed by atoms with Crippen molar-refractivity contribution in [3.63, 3.8) is 0 Å². The Hall–Kier alpha value is -2.08. The number of hydrogen-bond donors (Lipinski definition) is 2. The van der Waals surface area contributed by atoms with Gasteiger partial charge in [0.15, 0.2) is 0 Å². The fraction of sp³-hybridized carbons (Fsp3) is 0.333. The number of primary amides is 1. The van der Waals surface area contributed by atoms with Gasteiger partial charge in [-0.2, -0.15) is 0 Å². The van der Waals surface area contributed by atoms with Gasteiger partial charge in [-0.3, -0.25) is 4.79 Å². The van der Waals surface area contributed by atoms with Crippen LogP contribution in [0.2, 0.25) is 0 Å². The van der Waals surface area contributed by atoms with Gasteiger partial charge in [0.05, 0.1) is 13.2 Å². The third-order valence-electron chi connectivity index (χ3n) is 2.68. The Morgan fingerprint density at radius 1 is 1.28 bits per heavy atom. The molecule has 1 heterocycles. The average Bonchev–Trinajstić information content (AvgIpc) is 2.38. The minimum absolute atomic E-state index is 0.0635. The number of nitrogens with one attached hydrogen (secondary N) is 1. The molecule has 0 bridgehead atoms. The monoisotopic (exact) mass is 249 g/mol. The molecule has 1 aromatic rings. The summed E-state index contributed by atoms with van der Waals surface area (Å²) in [5.74, 6) is -0.0635. The van der Waals surface area contributed by atoms with Crippen molar-refractivity contribution in [1.29, 1.82) is 0 Å². The van der Waals surface area contributed by atoms with Gasteiger partial charge in [0, 0.05) is 24.3 Å². The SMILES string of the molecule is NC(=O)Nc1cccc(C(=O)N2CCOCC2)c1. The number of rotatable bonds is 2. The maximum Gasteiger partial charge on any atom is 0.316 e. The number of carbonyl (C=O) groups is 2. The second-order valence-electron chi connectivity index (χ2n) is 3.97. The molecule has 0 radical (unpaired) electrons. The molecule has 0 atom stereocenters. The third kappa shape index (κ3) is 2.98. The average molecular weight is 249 g/mol. The predicted octanol–water partition coefficient (Wildman–Crippen LogP) is 0.650. The number of ether oxygens (including phenoxy) is 1. The molecule has 3 amide bonds. The zero-order valence-electron chi connectivity index (χ0n) is 9.89. The summed E-state index contributed by atoms with van der Waals surface area (Å²) in [6.07, 6.45) is 0. The molecule has 0 spiro atoms. The van der Waals surface area contributed by atoms with Crippen LogP contribution in [0.25, 0.3) is 0 Å². The number of morpholine rings is 1. The minimum Gasteiger partial charge on any atom is -0.378 e. The van der Waals surface area contributed by atoms with Crippen LogP contribution in [0.5, 0.6) is 0 Å². The molecule has 6 heteroatoms. The molecular formula is C12H15N3O3. The largest absolute Gasteiger partial charge is 0.378 e. The summed E-state index contributed by atoms with van der Waals surface area (Å²) in [6.45, 7) is 2.30. The fourth-order valence-corrected chi connectivity index (χ4v) is 1.82. The lowest BCUT2D eigenvalue weighted by Crippen LogP contribution is -2.40. The number of nitrogens with zero attached hydrogens (tertiary/aromatic N) is 1. The van der Waals surface area contributed by atoms with E-state index >= 15 is 0 Å². The molecule has 1 saturated heterocycles. The molecule has 2 rings (SSSR count). The second kappa shape index (κ2) is 5.50. The van der Waals surface area contributed by atoms with Crippen LogP contribution in [-0.2, 0) is 4.74 Å². The molecule has 0 aromatic heterocycles. The van der Waals surface area contributed by atoms with Crippen molar-refractivity contribution < 1.29 is 14.3 Å². The number of urea groups is 1. The van der Waals surface area contributed by atoms with Crippen molar-refractivity contribution in [1.82, 2.24) is 4.90 Å². The van der Waals surface area contributed by atoms with Crippen LogP contribution in [0.4, 0.5) is 10.5 Å². The van der Waals surface area contributed by atoms with Crippen LogP contribution in [0.1, 0.15) is 10.4 Å². The molecule has 1 fully saturated rings. The molecule has 0 saturated carbocycles. The van der Waals surface area contributed by atoms with E-state index in [4.69, 9.17) is 10.5 Å². The van der Waals surface area contributed by atoms with Gasteiger partial charge in [-0.25, -0.2) is 4.79 Å². The summed E-state index contributed by atoms with van der Waals surface area (Å²) < 4.78 is 5.19. The Morgan fingerprint density at radius 3 is 2.67 bits per heavy atom. The quantitative estimate of drug-likeness (QED) is 0.807. The highest BCUT2D eigenvalue weighted by molar-refractivity contribution is 5.96. The summed E-state index contributed by atoms with van der Waals surface area (Å²) in [7, 11) is 0. The van der Waals surface area contributed by atoms with Gasteiger partial charge in [-0.15, -0.1) is 0 Å². The molecule has 1 aliphatic heterocycles. The zero-order valence-corrected chi connectivity index (χ0v) is 9.89. The van der Waals surface area contributed by atoms with Gasteiger partial charge in [0.25, 0.3) is 5.91 Å². The summed E-state index contributed by atoms with van der Waals surface area (Å²) in [5, 5.41) is 2.45. The van der Waals surface area contributed by atoms with E-state index in [1.54, 1.807) is 29.2 Å². The summed E-state index contributed by atoms with van der Waals surface area (Å²) in [4.78, 5) is 24.6. The molecule has 0 unspecified atom stereocenters. The van der Waals surface area contributed by atoms with Crippen molar-refractivity contribution in [3.05, 3.63) is 29.8 Å². The first-order valence-corrected chi connectivity index (χ1v) is 5.70. The van der Waals surface area contributed by atoms with E-state index in [1.165, 1.54) is 0 Å². The van der Waals surface area contributed by atoms with Gasteiger partial charge in [0.1, 0.15) is 0 Å². The van der Waals surface area contributed by atoms with Crippen molar-refractivity contribution in [3.8, 4) is 0 Å². The Bertz CT molecular complexity index is 456. The van der Waals surface area contributed by atoms with Crippen molar-refractivity contribution in [2.75, 3.05) is 31.6 Å². The second-order valence-corrected chi connectivity index (χ2v) is 3.97. The first kappa shape index (κ1) is 12.4. The van der Waals surface area contributed by atoms with Crippen LogP contribution in [0, 0.1) is 0 Å². The van der Waals surface area contributed by atoms with E-state index in [-0.39, 0.29) is 5.91 Å².